The second-order valence-corrected chi connectivity index (χ2v) is 7.79. The largest absolute Gasteiger partial charge is 0.495 e. The van der Waals surface area contributed by atoms with E-state index in [2.05, 4.69) is 16.4 Å². The van der Waals surface area contributed by atoms with Crippen molar-refractivity contribution in [2.24, 2.45) is 0 Å². The van der Waals surface area contributed by atoms with Crippen molar-refractivity contribution in [1.82, 2.24) is 4.98 Å². The maximum atomic E-state index is 12.4. The van der Waals surface area contributed by atoms with Gasteiger partial charge in [0.1, 0.15) is 33.7 Å². The Balaban J connectivity index is 1.66. The fourth-order valence-corrected chi connectivity index (χ4v) is 4.04. The van der Waals surface area contributed by atoms with E-state index in [-0.39, 0.29) is 5.57 Å². The Labute approximate surface area is 192 Å². The third-order valence-corrected chi connectivity index (χ3v) is 5.79. The smallest absolute Gasteiger partial charge is 0.345 e. The SMILES string of the molecule is COc1cc(N/C=C(/C#N)c2nc(-c3cc4ccccc4oc3=O)cs2)c(OC)cc1Cl. The molecule has 0 saturated carbocycles. The molecule has 160 valence electrons. The summed E-state index contributed by atoms with van der Waals surface area (Å²) in [5.41, 5.74) is 1.64. The van der Waals surface area contributed by atoms with Crippen molar-refractivity contribution in [2.75, 3.05) is 19.5 Å². The van der Waals surface area contributed by atoms with Gasteiger partial charge in [0.05, 0.1) is 36.2 Å². The minimum atomic E-state index is -0.487. The lowest BCUT2D eigenvalue weighted by molar-refractivity contribution is 0.405. The zero-order valence-corrected chi connectivity index (χ0v) is 18.6. The van der Waals surface area contributed by atoms with Crippen LogP contribution in [0.5, 0.6) is 11.5 Å². The number of nitrogens with one attached hydrogen (secondary N) is 1. The molecule has 0 aliphatic carbocycles. The van der Waals surface area contributed by atoms with Crippen molar-refractivity contribution in [3.05, 3.63) is 74.5 Å². The molecular weight excluding hydrogens is 450 g/mol. The van der Waals surface area contributed by atoms with Crippen molar-refractivity contribution in [2.45, 2.75) is 0 Å². The second kappa shape index (κ2) is 9.14. The van der Waals surface area contributed by atoms with Crippen LogP contribution in [-0.4, -0.2) is 19.2 Å². The van der Waals surface area contributed by atoms with E-state index in [1.807, 2.05) is 12.1 Å². The fraction of sp³-hybridized carbons (Fsp3) is 0.0870. The highest BCUT2D eigenvalue weighted by Crippen LogP contribution is 2.36. The zero-order chi connectivity index (χ0) is 22.7. The van der Waals surface area contributed by atoms with Gasteiger partial charge in [-0.3, -0.25) is 0 Å². The molecule has 4 aromatic rings. The number of thiazole rings is 1. The van der Waals surface area contributed by atoms with Crippen LogP contribution in [-0.2, 0) is 0 Å². The number of nitrogens with zero attached hydrogens (tertiary/aromatic N) is 2. The molecule has 7 nitrogen and oxygen atoms in total. The van der Waals surface area contributed by atoms with Gasteiger partial charge in [0.15, 0.2) is 0 Å². The minimum absolute atomic E-state index is 0.280. The van der Waals surface area contributed by atoms with E-state index < -0.39 is 5.63 Å². The Hall–Kier alpha value is -3.80. The molecular formula is C23H16ClN3O4S. The van der Waals surface area contributed by atoms with Crippen LogP contribution in [0.25, 0.3) is 27.8 Å². The lowest BCUT2D eigenvalue weighted by Gasteiger charge is -2.12. The van der Waals surface area contributed by atoms with Crippen molar-refractivity contribution in [3.8, 4) is 28.8 Å². The van der Waals surface area contributed by atoms with Gasteiger partial charge in [0.2, 0.25) is 0 Å². The summed E-state index contributed by atoms with van der Waals surface area (Å²) in [5.74, 6) is 0.944. The van der Waals surface area contributed by atoms with Crippen LogP contribution in [0, 0.1) is 11.3 Å². The number of allylic oxidation sites excluding steroid dienone is 1. The summed E-state index contributed by atoms with van der Waals surface area (Å²) in [5, 5.41) is 16.0. The van der Waals surface area contributed by atoms with Crippen LogP contribution in [0.15, 0.2) is 63.3 Å². The molecule has 0 fully saturated rings. The third kappa shape index (κ3) is 4.17. The number of methoxy groups -OCH3 is 2. The zero-order valence-electron chi connectivity index (χ0n) is 17.0. The quantitative estimate of drug-likeness (QED) is 0.294. The lowest BCUT2D eigenvalue weighted by Crippen LogP contribution is -2.03. The Morgan fingerprint density at radius 2 is 2.00 bits per heavy atom. The maximum Gasteiger partial charge on any atom is 0.345 e. The van der Waals surface area contributed by atoms with Crippen LogP contribution in [0.4, 0.5) is 5.69 Å². The molecule has 4 rings (SSSR count). The van der Waals surface area contributed by atoms with Crippen LogP contribution in [0.1, 0.15) is 5.01 Å². The summed E-state index contributed by atoms with van der Waals surface area (Å²) in [6, 6.07) is 14.4. The van der Waals surface area contributed by atoms with E-state index in [0.717, 1.165) is 5.39 Å². The van der Waals surface area contributed by atoms with Gasteiger partial charge >= 0.3 is 5.63 Å². The molecule has 0 bridgehead atoms. The standard InChI is InChI=1S/C23H16ClN3O4S/c1-29-20-9-17(21(30-2)8-16(20)24)26-11-14(10-25)22-27-18(12-32-22)15-7-13-5-3-4-6-19(13)31-23(15)28/h3-9,11-12,26H,1-2H3/b14-11-. The molecule has 1 N–H and O–H groups in total. The number of benzene rings is 2. The van der Waals surface area contributed by atoms with Gasteiger partial charge in [-0.05, 0) is 12.1 Å². The molecule has 0 aliphatic heterocycles. The molecule has 2 aromatic carbocycles. The lowest BCUT2D eigenvalue weighted by atomic mass is 10.1. The Morgan fingerprint density at radius 3 is 2.75 bits per heavy atom. The number of nitriles is 1. The summed E-state index contributed by atoms with van der Waals surface area (Å²) in [7, 11) is 3.02. The number of anilines is 1. The van der Waals surface area contributed by atoms with Crippen LogP contribution in [0.2, 0.25) is 5.02 Å². The van der Waals surface area contributed by atoms with Gasteiger partial charge in [-0.1, -0.05) is 29.8 Å². The van der Waals surface area contributed by atoms with Gasteiger partial charge in [-0.15, -0.1) is 11.3 Å². The first kappa shape index (κ1) is 21.4. The van der Waals surface area contributed by atoms with E-state index in [4.69, 9.17) is 25.5 Å². The molecule has 0 spiro atoms. The monoisotopic (exact) mass is 465 g/mol. The molecule has 32 heavy (non-hydrogen) atoms. The second-order valence-electron chi connectivity index (χ2n) is 6.52. The number of rotatable bonds is 6. The average Bonchev–Trinajstić information content (AvgIpc) is 3.29. The predicted octanol–water partition coefficient (Wildman–Crippen LogP) is 5.56. The van der Waals surface area contributed by atoms with Crippen molar-refractivity contribution < 1.29 is 13.9 Å². The van der Waals surface area contributed by atoms with Crippen LogP contribution < -0.4 is 20.4 Å². The average molecular weight is 466 g/mol. The molecule has 2 aromatic heterocycles. The first-order valence-corrected chi connectivity index (χ1v) is 10.6. The van der Waals surface area contributed by atoms with Crippen molar-refractivity contribution in [3.63, 3.8) is 0 Å². The van der Waals surface area contributed by atoms with Crippen LogP contribution in [0.3, 0.4) is 0 Å². The molecule has 0 aliphatic rings. The summed E-state index contributed by atoms with van der Waals surface area (Å²) < 4.78 is 16.0. The summed E-state index contributed by atoms with van der Waals surface area (Å²) in [6.07, 6.45) is 1.51. The van der Waals surface area contributed by atoms with Gasteiger partial charge in [0, 0.05) is 29.1 Å². The highest BCUT2D eigenvalue weighted by Gasteiger charge is 2.14. The number of fused-ring (bicyclic) bond motifs is 1. The first-order valence-electron chi connectivity index (χ1n) is 9.31. The summed E-state index contributed by atoms with van der Waals surface area (Å²) in [4.78, 5) is 16.9. The summed E-state index contributed by atoms with van der Waals surface area (Å²) in [6.45, 7) is 0. The maximum absolute atomic E-state index is 12.4. The van der Waals surface area contributed by atoms with Gasteiger partial charge in [0.25, 0.3) is 0 Å². The molecule has 0 saturated heterocycles. The van der Waals surface area contributed by atoms with E-state index in [9.17, 15) is 10.1 Å². The van der Waals surface area contributed by atoms with Crippen LogP contribution >= 0.6 is 22.9 Å². The molecule has 0 amide bonds. The van der Waals surface area contributed by atoms with E-state index >= 15 is 0 Å². The predicted molar refractivity (Wildman–Crippen MR) is 125 cm³/mol. The fourth-order valence-electron chi connectivity index (χ4n) is 3.03. The number of para-hydroxylation sites is 1. The minimum Gasteiger partial charge on any atom is -0.495 e. The van der Waals surface area contributed by atoms with E-state index in [0.29, 0.717) is 44.1 Å². The molecule has 9 heteroatoms. The summed E-state index contributed by atoms with van der Waals surface area (Å²) >= 11 is 7.38. The number of hydrogen-bond donors (Lipinski definition) is 1. The van der Waals surface area contributed by atoms with Crippen molar-refractivity contribution in [1.29, 1.82) is 5.26 Å². The van der Waals surface area contributed by atoms with Gasteiger partial charge < -0.3 is 19.2 Å². The first-order chi connectivity index (χ1) is 15.5. The third-order valence-electron chi connectivity index (χ3n) is 4.62. The Morgan fingerprint density at radius 1 is 1.22 bits per heavy atom. The Bertz CT molecular complexity index is 1440. The Kier molecular flexibility index (Phi) is 6.12. The normalized spacial score (nSPS) is 11.2. The van der Waals surface area contributed by atoms with E-state index in [1.54, 1.807) is 35.7 Å². The van der Waals surface area contributed by atoms with Gasteiger partial charge in [-0.2, -0.15) is 5.26 Å². The number of hydrogen-bond acceptors (Lipinski definition) is 8. The molecule has 0 atom stereocenters. The van der Waals surface area contributed by atoms with Gasteiger partial charge in [-0.25, -0.2) is 9.78 Å². The highest BCUT2D eigenvalue weighted by atomic mass is 35.5. The molecule has 2 heterocycles. The number of aromatic nitrogens is 1. The highest BCUT2D eigenvalue weighted by molar-refractivity contribution is 7.11. The molecule has 0 unspecified atom stereocenters. The van der Waals surface area contributed by atoms with E-state index in [1.165, 1.54) is 31.8 Å². The molecule has 0 radical (unpaired) electrons. The number of halogens is 1. The topological polar surface area (TPSA) is 97.4 Å². The number of ether oxygens (including phenoxy) is 2. The van der Waals surface area contributed by atoms with Crippen molar-refractivity contribution >= 4 is 45.2 Å².